The van der Waals surface area contributed by atoms with Crippen LogP contribution in [-0.2, 0) is 6.42 Å². The van der Waals surface area contributed by atoms with Gasteiger partial charge in [-0.15, -0.1) is 0 Å². The summed E-state index contributed by atoms with van der Waals surface area (Å²) < 4.78 is 0. The third-order valence-corrected chi connectivity index (χ3v) is 4.85. The predicted molar refractivity (Wildman–Crippen MR) is 96.1 cm³/mol. The number of rotatable bonds is 5. The molecule has 3 rings (SSSR count). The monoisotopic (exact) mass is 307 g/mol. The van der Waals surface area contributed by atoms with Gasteiger partial charge in [0.15, 0.2) is 5.78 Å². The standard InChI is InChI=1S/C21H25NO/c1-2-21(23)19-10-6-7-11-20(19)22-14-12-18(13-15-22)16-17-8-4-3-5-9-17/h3-11,18H,2,12-16H2,1H3. The van der Waals surface area contributed by atoms with Crippen LogP contribution in [0.5, 0.6) is 0 Å². The van der Waals surface area contributed by atoms with Crippen LogP contribution in [0.25, 0.3) is 0 Å². The fraction of sp³-hybridized carbons (Fsp3) is 0.381. The summed E-state index contributed by atoms with van der Waals surface area (Å²) in [7, 11) is 0. The average molecular weight is 307 g/mol. The van der Waals surface area contributed by atoms with Gasteiger partial charge in [0.2, 0.25) is 0 Å². The van der Waals surface area contributed by atoms with Gasteiger partial charge in [-0.2, -0.15) is 0 Å². The topological polar surface area (TPSA) is 20.3 Å². The number of piperidine rings is 1. The number of para-hydroxylation sites is 1. The van der Waals surface area contributed by atoms with E-state index in [0.717, 1.165) is 30.3 Å². The van der Waals surface area contributed by atoms with Gasteiger partial charge < -0.3 is 4.90 Å². The van der Waals surface area contributed by atoms with Gasteiger partial charge in [0.25, 0.3) is 0 Å². The molecule has 120 valence electrons. The first kappa shape index (κ1) is 15.8. The largest absolute Gasteiger partial charge is 0.371 e. The van der Waals surface area contributed by atoms with Crippen LogP contribution >= 0.6 is 0 Å². The van der Waals surface area contributed by atoms with Crippen LogP contribution < -0.4 is 4.90 Å². The van der Waals surface area contributed by atoms with Gasteiger partial charge in [-0.3, -0.25) is 4.79 Å². The molecule has 1 heterocycles. The van der Waals surface area contributed by atoms with Crippen molar-refractivity contribution in [2.75, 3.05) is 18.0 Å². The highest BCUT2D eigenvalue weighted by Crippen LogP contribution is 2.28. The van der Waals surface area contributed by atoms with Gasteiger partial charge in [-0.05, 0) is 42.9 Å². The van der Waals surface area contributed by atoms with E-state index in [0.29, 0.717) is 6.42 Å². The van der Waals surface area contributed by atoms with Gasteiger partial charge in [0, 0.05) is 30.8 Å². The Morgan fingerprint density at radius 1 is 1.00 bits per heavy atom. The van der Waals surface area contributed by atoms with Crippen LogP contribution in [0.2, 0.25) is 0 Å². The molecule has 2 aromatic rings. The minimum atomic E-state index is 0.243. The Balaban J connectivity index is 1.64. The van der Waals surface area contributed by atoms with Crippen LogP contribution in [0.15, 0.2) is 54.6 Å². The van der Waals surface area contributed by atoms with Gasteiger partial charge in [0.1, 0.15) is 0 Å². The van der Waals surface area contributed by atoms with Gasteiger partial charge in [-0.25, -0.2) is 0 Å². The van der Waals surface area contributed by atoms with Crippen LogP contribution in [0.4, 0.5) is 5.69 Å². The molecule has 1 aliphatic heterocycles. The highest BCUT2D eigenvalue weighted by Gasteiger charge is 2.22. The molecule has 0 aromatic heterocycles. The second kappa shape index (κ2) is 7.45. The molecule has 0 N–H and O–H groups in total. The zero-order chi connectivity index (χ0) is 16.1. The molecule has 0 bridgehead atoms. The summed E-state index contributed by atoms with van der Waals surface area (Å²) in [6.45, 7) is 4.03. The van der Waals surface area contributed by atoms with Crippen molar-refractivity contribution in [1.29, 1.82) is 0 Å². The summed E-state index contributed by atoms with van der Waals surface area (Å²) in [6, 6.07) is 18.8. The molecule has 1 saturated heterocycles. The van der Waals surface area contributed by atoms with E-state index in [1.165, 1.54) is 24.8 Å². The maximum atomic E-state index is 12.2. The zero-order valence-corrected chi connectivity index (χ0v) is 13.9. The molecule has 2 heteroatoms. The third-order valence-electron chi connectivity index (χ3n) is 4.85. The number of anilines is 1. The summed E-state index contributed by atoms with van der Waals surface area (Å²) in [6.07, 6.45) is 4.14. The zero-order valence-electron chi connectivity index (χ0n) is 13.9. The molecule has 0 radical (unpaired) electrons. The normalized spacial score (nSPS) is 15.6. The van der Waals surface area contributed by atoms with E-state index in [1.807, 2.05) is 25.1 Å². The SMILES string of the molecule is CCC(=O)c1ccccc1N1CCC(Cc2ccccc2)CC1. The first-order valence-electron chi connectivity index (χ1n) is 8.69. The van der Waals surface area contributed by atoms with Crippen LogP contribution in [-0.4, -0.2) is 18.9 Å². The maximum Gasteiger partial charge on any atom is 0.164 e. The molecule has 0 amide bonds. The quantitative estimate of drug-likeness (QED) is 0.744. The van der Waals surface area contributed by atoms with Crippen molar-refractivity contribution < 1.29 is 4.79 Å². The number of Topliss-reactive ketones (excluding diaryl/α,β-unsaturated/α-hetero) is 1. The Morgan fingerprint density at radius 2 is 1.65 bits per heavy atom. The van der Waals surface area contributed by atoms with E-state index >= 15 is 0 Å². The van der Waals surface area contributed by atoms with Crippen molar-refractivity contribution in [3.63, 3.8) is 0 Å². The second-order valence-corrected chi connectivity index (χ2v) is 6.41. The molecule has 0 aliphatic carbocycles. The first-order valence-corrected chi connectivity index (χ1v) is 8.69. The molecule has 23 heavy (non-hydrogen) atoms. The second-order valence-electron chi connectivity index (χ2n) is 6.41. The molecular weight excluding hydrogens is 282 g/mol. The Morgan fingerprint density at radius 3 is 2.35 bits per heavy atom. The van der Waals surface area contributed by atoms with Crippen molar-refractivity contribution in [2.24, 2.45) is 5.92 Å². The van der Waals surface area contributed by atoms with E-state index in [1.54, 1.807) is 0 Å². The van der Waals surface area contributed by atoms with Crippen LogP contribution in [0.1, 0.15) is 42.1 Å². The fourth-order valence-corrected chi connectivity index (χ4v) is 3.50. The Bertz CT molecular complexity index is 642. The van der Waals surface area contributed by atoms with E-state index < -0.39 is 0 Å². The van der Waals surface area contributed by atoms with Crippen molar-refractivity contribution in [1.82, 2.24) is 0 Å². The third kappa shape index (κ3) is 3.82. The Hall–Kier alpha value is -2.09. The molecule has 2 nitrogen and oxygen atoms in total. The summed E-state index contributed by atoms with van der Waals surface area (Å²) in [5, 5.41) is 0. The summed E-state index contributed by atoms with van der Waals surface area (Å²) in [4.78, 5) is 14.5. The van der Waals surface area contributed by atoms with Crippen molar-refractivity contribution in [3.05, 3.63) is 65.7 Å². The van der Waals surface area contributed by atoms with Crippen LogP contribution in [0, 0.1) is 5.92 Å². The lowest BCUT2D eigenvalue weighted by Gasteiger charge is -2.34. The lowest BCUT2D eigenvalue weighted by Crippen LogP contribution is -2.35. The van der Waals surface area contributed by atoms with Crippen molar-refractivity contribution >= 4 is 11.5 Å². The molecular formula is C21H25NO. The van der Waals surface area contributed by atoms with Gasteiger partial charge in [-0.1, -0.05) is 49.4 Å². The van der Waals surface area contributed by atoms with E-state index in [2.05, 4.69) is 41.3 Å². The number of carbonyl (C=O) groups is 1. The molecule has 0 atom stereocenters. The van der Waals surface area contributed by atoms with Gasteiger partial charge >= 0.3 is 0 Å². The molecule has 0 spiro atoms. The van der Waals surface area contributed by atoms with Crippen LogP contribution in [0.3, 0.4) is 0 Å². The fourth-order valence-electron chi connectivity index (χ4n) is 3.50. The number of ketones is 1. The summed E-state index contributed by atoms with van der Waals surface area (Å²) >= 11 is 0. The van der Waals surface area contributed by atoms with Gasteiger partial charge in [0.05, 0.1) is 0 Å². The maximum absolute atomic E-state index is 12.2. The highest BCUT2D eigenvalue weighted by molar-refractivity contribution is 6.01. The van der Waals surface area contributed by atoms with E-state index in [-0.39, 0.29) is 5.78 Å². The first-order chi connectivity index (χ1) is 11.3. The predicted octanol–water partition coefficient (Wildman–Crippen LogP) is 4.74. The molecule has 0 saturated carbocycles. The number of nitrogens with zero attached hydrogens (tertiary/aromatic N) is 1. The summed E-state index contributed by atoms with van der Waals surface area (Å²) in [5.74, 6) is 0.995. The molecule has 1 fully saturated rings. The average Bonchev–Trinajstić information content (AvgIpc) is 2.62. The Kier molecular flexibility index (Phi) is 5.12. The highest BCUT2D eigenvalue weighted by atomic mass is 16.1. The number of hydrogen-bond donors (Lipinski definition) is 0. The van der Waals surface area contributed by atoms with Crippen molar-refractivity contribution in [2.45, 2.75) is 32.6 Å². The van der Waals surface area contributed by atoms with Crippen molar-refractivity contribution in [3.8, 4) is 0 Å². The number of benzene rings is 2. The van der Waals surface area contributed by atoms with E-state index in [9.17, 15) is 4.79 Å². The van der Waals surface area contributed by atoms with E-state index in [4.69, 9.17) is 0 Å². The Labute approximate surface area is 139 Å². The lowest BCUT2D eigenvalue weighted by atomic mass is 9.89. The number of hydrogen-bond acceptors (Lipinski definition) is 2. The minimum absolute atomic E-state index is 0.243. The minimum Gasteiger partial charge on any atom is -0.371 e. The molecule has 0 unspecified atom stereocenters. The molecule has 1 aliphatic rings. The summed E-state index contributed by atoms with van der Waals surface area (Å²) in [5.41, 5.74) is 3.45. The smallest absolute Gasteiger partial charge is 0.164 e. The lowest BCUT2D eigenvalue weighted by molar-refractivity contribution is 0.0988. The molecule has 2 aromatic carbocycles. The number of carbonyl (C=O) groups excluding carboxylic acids is 1.